The van der Waals surface area contributed by atoms with Gasteiger partial charge >= 0.3 is 0 Å². The molecule has 0 saturated carbocycles. The highest BCUT2D eigenvalue weighted by molar-refractivity contribution is 6.02. The number of imidazole rings is 1. The largest absolute Gasteiger partial charge is 0.497 e. The average molecular weight is 458 g/mol. The Bertz CT molecular complexity index is 1280. The number of hydrogen-bond donors (Lipinski definition) is 2. The van der Waals surface area contributed by atoms with E-state index in [1.165, 1.54) is 18.2 Å². The number of benzene rings is 3. The van der Waals surface area contributed by atoms with Crippen molar-refractivity contribution in [3.05, 3.63) is 108 Å². The van der Waals surface area contributed by atoms with Crippen LogP contribution in [0.1, 0.15) is 21.6 Å². The molecule has 1 heterocycles. The van der Waals surface area contributed by atoms with Gasteiger partial charge in [0, 0.05) is 24.1 Å². The minimum atomic E-state index is -0.427. The van der Waals surface area contributed by atoms with Crippen LogP contribution in [0.5, 0.6) is 5.75 Å². The Hall–Kier alpha value is -4.46. The van der Waals surface area contributed by atoms with Gasteiger partial charge < -0.3 is 19.9 Å². The fourth-order valence-electron chi connectivity index (χ4n) is 3.36. The number of carbonyl (C=O) groups excluding carboxylic acids is 2. The molecule has 4 rings (SSSR count). The quantitative estimate of drug-likeness (QED) is 0.407. The molecule has 0 bridgehead atoms. The molecule has 0 atom stereocenters. The Morgan fingerprint density at radius 3 is 2.38 bits per heavy atom. The number of nitrogens with one attached hydrogen (secondary N) is 2. The minimum Gasteiger partial charge on any atom is -0.497 e. The molecule has 3 aromatic carbocycles. The van der Waals surface area contributed by atoms with Crippen LogP contribution < -0.4 is 15.4 Å². The maximum Gasteiger partial charge on any atom is 0.275 e. The molecule has 4 aromatic rings. The molecule has 0 unspecified atom stereocenters. The zero-order valence-electron chi connectivity index (χ0n) is 18.5. The average Bonchev–Trinajstić information content (AvgIpc) is 3.29. The summed E-state index contributed by atoms with van der Waals surface area (Å²) in [5.41, 5.74) is 3.16. The summed E-state index contributed by atoms with van der Waals surface area (Å²) in [6, 6.07) is 20.5. The Morgan fingerprint density at radius 1 is 0.941 bits per heavy atom. The van der Waals surface area contributed by atoms with Gasteiger partial charge in [-0.05, 0) is 53.6 Å². The van der Waals surface area contributed by atoms with Gasteiger partial charge in [0.25, 0.3) is 5.91 Å². The van der Waals surface area contributed by atoms with E-state index in [9.17, 15) is 14.0 Å². The van der Waals surface area contributed by atoms with Crippen molar-refractivity contribution < 1.29 is 18.7 Å². The minimum absolute atomic E-state index is 0.110. The third-order valence-corrected chi connectivity index (χ3v) is 5.07. The summed E-state index contributed by atoms with van der Waals surface area (Å²) in [4.78, 5) is 28.8. The highest BCUT2D eigenvalue weighted by atomic mass is 19.1. The molecule has 0 saturated heterocycles. The van der Waals surface area contributed by atoms with Gasteiger partial charge in [0.05, 0.1) is 19.9 Å². The van der Waals surface area contributed by atoms with Crippen molar-refractivity contribution in [1.29, 1.82) is 0 Å². The van der Waals surface area contributed by atoms with E-state index in [-0.39, 0.29) is 18.0 Å². The lowest BCUT2D eigenvalue weighted by atomic mass is 10.1. The van der Waals surface area contributed by atoms with Crippen molar-refractivity contribution in [1.82, 2.24) is 9.55 Å². The van der Waals surface area contributed by atoms with Crippen molar-refractivity contribution in [2.75, 3.05) is 17.7 Å². The fourth-order valence-corrected chi connectivity index (χ4v) is 3.36. The standard InChI is InChI=1S/C26H23FN4O3/c1-34-23-11-7-18(8-12-23)13-25(32)29-21-9-5-19(6-10-21)15-31-16-24(28-17-31)26(33)30-22-4-2-3-20(27)14-22/h2-12,14,16-17H,13,15H2,1H3,(H,29,32)(H,30,33). The fraction of sp³-hybridized carbons (Fsp3) is 0.115. The van der Waals surface area contributed by atoms with E-state index in [4.69, 9.17) is 4.74 Å². The molecule has 2 N–H and O–H groups in total. The lowest BCUT2D eigenvalue weighted by Gasteiger charge is -2.08. The highest BCUT2D eigenvalue weighted by Crippen LogP contribution is 2.15. The molecule has 0 fully saturated rings. The van der Waals surface area contributed by atoms with Crippen molar-refractivity contribution >= 4 is 23.2 Å². The predicted molar refractivity (Wildman–Crippen MR) is 127 cm³/mol. The number of nitrogens with zero attached hydrogens (tertiary/aromatic N) is 2. The van der Waals surface area contributed by atoms with Crippen LogP contribution in [0.2, 0.25) is 0 Å². The van der Waals surface area contributed by atoms with Crippen molar-refractivity contribution in [2.45, 2.75) is 13.0 Å². The predicted octanol–water partition coefficient (Wildman–Crippen LogP) is 4.51. The number of carbonyl (C=O) groups is 2. The summed E-state index contributed by atoms with van der Waals surface area (Å²) in [7, 11) is 1.60. The van der Waals surface area contributed by atoms with Gasteiger partial charge in [-0.15, -0.1) is 0 Å². The maximum absolute atomic E-state index is 13.3. The van der Waals surface area contributed by atoms with Crippen LogP contribution >= 0.6 is 0 Å². The zero-order chi connectivity index (χ0) is 23.9. The van der Waals surface area contributed by atoms with Gasteiger partial charge in [0.2, 0.25) is 5.91 Å². The number of hydrogen-bond acceptors (Lipinski definition) is 4. The summed E-state index contributed by atoms with van der Waals surface area (Å²) in [6.07, 6.45) is 3.45. The molecule has 8 heteroatoms. The van der Waals surface area contributed by atoms with Crippen LogP contribution in [-0.4, -0.2) is 28.5 Å². The normalized spacial score (nSPS) is 10.5. The number of ether oxygens (including phenoxy) is 1. The van der Waals surface area contributed by atoms with Crippen LogP contribution in [-0.2, 0) is 17.8 Å². The second-order valence-corrected chi connectivity index (χ2v) is 7.67. The number of anilines is 2. The number of methoxy groups -OCH3 is 1. The van der Waals surface area contributed by atoms with E-state index in [1.54, 1.807) is 30.3 Å². The zero-order valence-corrected chi connectivity index (χ0v) is 18.5. The van der Waals surface area contributed by atoms with Crippen molar-refractivity contribution in [3.63, 3.8) is 0 Å². The summed E-state index contributed by atoms with van der Waals surface area (Å²) in [5, 5.41) is 5.51. The molecule has 172 valence electrons. The molecule has 7 nitrogen and oxygen atoms in total. The Morgan fingerprint density at radius 2 is 1.68 bits per heavy atom. The van der Waals surface area contributed by atoms with Crippen LogP contribution in [0.4, 0.5) is 15.8 Å². The first-order chi connectivity index (χ1) is 16.5. The van der Waals surface area contributed by atoms with Crippen LogP contribution in [0, 0.1) is 5.82 Å². The summed E-state index contributed by atoms with van der Waals surface area (Å²) in [5.74, 6) is -0.207. The second-order valence-electron chi connectivity index (χ2n) is 7.67. The lowest BCUT2D eigenvalue weighted by Crippen LogP contribution is -2.14. The maximum atomic E-state index is 13.3. The lowest BCUT2D eigenvalue weighted by molar-refractivity contribution is -0.115. The molecule has 34 heavy (non-hydrogen) atoms. The third kappa shape index (κ3) is 6.07. The second kappa shape index (κ2) is 10.4. The number of aromatic nitrogens is 2. The first-order valence-corrected chi connectivity index (χ1v) is 10.6. The molecule has 0 spiro atoms. The van der Waals surface area contributed by atoms with Crippen LogP contribution in [0.3, 0.4) is 0 Å². The topological polar surface area (TPSA) is 85.2 Å². The molecular formula is C26H23FN4O3. The number of halogens is 1. The molecule has 2 amide bonds. The van der Waals surface area contributed by atoms with Crippen LogP contribution in [0.25, 0.3) is 0 Å². The Balaban J connectivity index is 1.30. The monoisotopic (exact) mass is 458 g/mol. The Labute approximate surface area is 196 Å². The van der Waals surface area contributed by atoms with Crippen molar-refractivity contribution in [3.8, 4) is 5.75 Å². The van der Waals surface area contributed by atoms with Crippen LogP contribution in [0.15, 0.2) is 85.3 Å². The molecule has 1 aromatic heterocycles. The van der Waals surface area contributed by atoms with Gasteiger partial charge in [0.15, 0.2) is 0 Å². The highest BCUT2D eigenvalue weighted by Gasteiger charge is 2.11. The molecule has 0 radical (unpaired) electrons. The SMILES string of the molecule is COc1ccc(CC(=O)Nc2ccc(Cn3cnc(C(=O)Nc4cccc(F)c4)c3)cc2)cc1. The van der Waals surface area contributed by atoms with Gasteiger partial charge in [-0.25, -0.2) is 9.37 Å². The van der Waals surface area contributed by atoms with Gasteiger partial charge in [0.1, 0.15) is 17.3 Å². The first-order valence-electron chi connectivity index (χ1n) is 10.6. The molecule has 0 aliphatic heterocycles. The van der Waals surface area contributed by atoms with Gasteiger partial charge in [-0.1, -0.05) is 30.3 Å². The van der Waals surface area contributed by atoms with Gasteiger partial charge in [-0.3, -0.25) is 9.59 Å². The first kappa shape index (κ1) is 22.7. The number of amides is 2. The summed E-state index contributed by atoms with van der Waals surface area (Å²) < 4.78 is 20.2. The summed E-state index contributed by atoms with van der Waals surface area (Å²) >= 11 is 0. The molecule has 0 aliphatic carbocycles. The number of rotatable bonds is 8. The van der Waals surface area contributed by atoms with E-state index in [0.29, 0.717) is 17.9 Å². The van der Waals surface area contributed by atoms with E-state index in [2.05, 4.69) is 15.6 Å². The smallest absolute Gasteiger partial charge is 0.275 e. The molecular weight excluding hydrogens is 435 g/mol. The van der Waals surface area contributed by atoms with E-state index in [1.807, 2.05) is 48.5 Å². The summed E-state index contributed by atoms with van der Waals surface area (Å²) in [6.45, 7) is 0.500. The Kier molecular flexibility index (Phi) is 6.98. The van der Waals surface area contributed by atoms with E-state index in [0.717, 1.165) is 16.9 Å². The third-order valence-electron chi connectivity index (χ3n) is 5.07. The van der Waals surface area contributed by atoms with E-state index < -0.39 is 11.7 Å². The van der Waals surface area contributed by atoms with Gasteiger partial charge in [-0.2, -0.15) is 0 Å². The molecule has 0 aliphatic rings. The van der Waals surface area contributed by atoms with Crippen molar-refractivity contribution in [2.24, 2.45) is 0 Å². The van der Waals surface area contributed by atoms with E-state index >= 15 is 0 Å².